The van der Waals surface area contributed by atoms with Gasteiger partial charge in [0.2, 0.25) is 0 Å². The number of phenols is 1. The maximum atomic E-state index is 12.8. The zero-order valence-electron chi connectivity index (χ0n) is 16.8. The minimum atomic E-state index is -4.17. The third-order valence-corrected chi connectivity index (χ3v) is 5.86. The van der Waals surface area contributed by atoms with Crippen LogP contribution >= 0.6 is 0 Å². The second kappa shape index (κ2) is 8.68. The minimum absolute atomic E-state index is 0.145. The van der Waals surface area contributed by atoms with Gasteiger partial charge >= 0.3 is 11.9 Å². The summed E-state index contributed by atoms with van der Waals surface area (Å²) in [5, 5.41) is 19.1. The van der Waals surface area contributed by atoms with E-state index in [1.807, 2.05) is 6.92 Å². The van der Waals surface area contributed by atoms with E-state index in [2.05, 4.69) is 4.72 Å². The highest BCUT2D eigenvalue weighted by atomic mass is 32.2. The molecule has 1 aromatic heterocycles. The Balaban J connectivity index is 2.03. The number of carboxylic acid groups (broad SMARTS) is 1. The van der Waals surface area contributed by atoms with E-state index in [1.165, 1.54) is 18.2 Å². The van der Waals surface area contributed by atoms with Gasteiger partial charge in [-0.15, -0.1) is 0 Å². The van der Waals surface area contributed by atoms with Gasteiger partial charge in [-0.05, 0) is 49.7 Å². The molecule has 10 heteroatoms. The lowest BCUT2D eigenvalue weighted by molar-refractivity contribution is 0.0525. The standard InChI is InChI=1S/C21H21NO8S/c1-3-5-18-19(21(26)29-4-2)15-10-12(6-9-17(15)30-18)22-31(27,28)13-7-8-16(23)14(11-13)20(24)25/h6-11,22-23H,3-5H2,1-2H3,(H,24,25). The fourth-order valence-electron chi connectivity index (χ4n) is 3.11. The molecular weight excluding hydrogens is 426 g/mol. The highest BCUT2D eigenvalue weighted by Gasteiger charge is 2.23. The zero-order chi connectivity index (χ0) is 22.8. The van der Waals surface area contributed by atoms with Crippen molar-refractivity contribution in [3.8, 4) is 5.75 Å². The fraction of sp³-hybridized carbons (Fsp3) is 0.238. The van der Waals surface area contributed by atoms with Crippen molar-refractivity contribution >= 4 is 38.6 Å². The van der Waals surface area contributed by atoms with E-state index in [0.717, 1.165) is 24.6 Å². The third kappa shape index (κ3) is 4.48. The summed E-state index contributed by atoms with van der Waals surface area (Å²) in [6.07, 6.45) is 1.24. The van der Waals surface area contributed by atoms with E-state index in [-0.39, 0.29) is 22.8 Å². The van der Waals surface area contributed by atoms with E-state index in [0.29, 0.717) is 23.2 Å². The van der Waals surface area contributed by atoms with Gasteiger partial charge in [0.25, 0.3) is 10.0 Å². The molecule has 0 fully saturated rings. The fourth-order valence-corrected chi connectivity index (χ4v) is 4.18. The molecule has 0 aliphatic heterocycles. The average molecular weight is 447 g/mol. The van der Waals surface area contributed by atoms with Gasteiger partial charge in [0.05, 0.1) is 11.5 Å². The maximum Gasteiger partial charge on any atom is 0.342 e. The predicted octanol–water partition coefficient (Wildman–Crippen LogP) is 3.77. The first-order chi connectivity index (χ1) is 14.7. The minimum Gasteiger partial charge on any atom is -0.507 e. The van der Waals surface area contributed by atoms with E-state index < -0.39 is 33.3 Å². The van der Waals surface area contributed by atoms with Gasteiger partial charge in [0.1, 0.15) is 28.2 Å². The SMILES string of the molecule is CCCc1oc2ccc(NS(=O)(=O)c3ccc(O)c(C(=O)O)c3)cc2c1C(=O)OCC. The molecule has 164 valence electrons. The van der Waals surface area contributed by atoms with Crippen LogP contribution in [0.25, 0.3) is 11.0 Å². The summed E-state index contributed by atoms with van der Waals surface area (Å²) >= 11 is 0. The topological polar surface area (TPSA) is 143 Å². The van der Waals surface area contributed by atoms with Crippen molar-refractivity contribution in [2.75, 3.05) is 11.3 Å². The Morgan fingerprint density at radius 1 is 1.13 bits per heavy atom. The lowest BCUT2D eigenvalue weighted by Crippen LogP contribution is -2.14. The van der Waals surface area contributed by atoms with Gasteiger partial charge in [-0.3, -0.25) is 4.72 Å². The van der Waals surface area contributed by atoms with Gasteiger partial charge < -0.3 is 19.4 Å². The Labute approximate surface area is 178 Å². The summed E-state index contributed by atoms with van der Waals surface area (Å²) in [6, 6.07) is 7.40. The molecule has 3 N–H and O–H groups in total. The zero-order valence-corrected chi connectivity index (χ0v) is 17.7. The summed E-state index contributed by atoms with van der Waals surface area (Å²) in [6.45, 7) is 3.79. The number of anilines is 1. The van der Waals surface area contributed by atoms with E-state index in [1.54, 1.807) is 6.92 Å². The molecule has 9 nitrogen and oxygen atoms in total. The van der Waals surface area contributed by atoms with Gasteiger partial charge in [-0.1, -0.05) is 6.92 Å². The van der Waals surface area contributed by atoms with Crippen molar-refractivity contribution < 1.29 is 37.4 Å². The van der Waals surface area contributed by atoms with E-state index in [9.17, 15) is 23.1 Å². The van der Waals surface area contributed by atoms with Crippen molar-refractivity contribution in [1.82, 2.24) is 0 Å². The Morgan fingerprint density at radius 2 is 1.87 bits per heavy atom. The Bertz CT molecular complexity index is 1260. The monoisotopic (exact) mass is 447 g/mol. The predicted molar refractivity (Wildman–Crippen MR) is 112 cm³/mol. The van der Waals surface area contributed by atoms with Crippen LogP contribution in [0.1, 0.15) is 46.7 Å². The summed E-state index contributed by atoms with van der Waals surface area (Å²) in [5.74, 6) is -2.11. The summed E-state index contributed by atoms with van der Waals surface area (Å²) < 4.78 is 38.7. The first-order valence-electron chi connectivity index (χ1n) is 9.49. The molecule has 0 aliphatic rings. The van der Waals surface area contributed by atoms with Crippen LogP contribution < -0.4 is 4.72 Å². The molecule has 1 heterocycles. The Hall–Kier alpha value is -3.53. The second-order valence-corrected chi connectivity index (χ2v) is 8.35. The first kappa shape index (κ1) is 22.2. The first-order valence-corrected chi connectivity index (χ1v) is 11.0. The van der Waals surface area contributed by atoms with Crippen molar-refractivity contribution in [3.05, 3.63) is 53.3 Å². The number of carboxylic acids is 1. The van der Waals surface area contributed by atoms with Crippen molar-refractivity contribution in [1.29, 1.82) is 0 Å². The number of esters is 1. The molecule has 2 aromatic carbocycles. The third-order valence-electron chi connectivity index (χ3n) is 4.48. The van der Waals surface area contributed by atoms with Crippen LogP contribution in [0.5, 0.6) is 5.75 Å². The van der Waals surface area contributed by atoms with Crippen LogP contribution in [0.15, 0.2) is 45.7 Å². The molecule has 3 aromatic rings. The molecule has 0 unspecified atom stereocenters. The lowest BCUT2D eigenvalue weighted by Gasteiger charge is -2.10. The summed E-state index contributed by atoms with van der Waals surface area (Å²) in [7, 11) is -4.17. The molecule has 0 atom stereocenters. The molecule has 0 spiro atoms. The van der Waals surface area contributed by atoms with Gasteiger partial charge in [0, 0.05) is 17.5 Å². The van der Waals surface area contributed by atoms with E-state index >= 15 is 0 Å². The molecule has 0 radical (unpaired) electrons. The number of carbonyl (C=O) groups is 2. The molecule has 0 amide bonds. The number of fused-ring (bicyclic) bond motifs is 1. The molecule has 3 rings (SSSR count). The van der Waals surface area contributed by atoms with Gasteiger partial charge in [-0.25, -0.2) is 18.0 Å². The number of furan rings is 1. The van der Waals surface area contributed by atoms with E-state index in [4.69, 9.17) is 14.3 Å². The Morgan fingerprint density at radius 3 is 2.52 bits per heavy atom. The van der Waals surface area contributed by atoms with Crippen molar-refractivity contribution in [2.24, 2.45) is 0 Å². The Kier molecular flexibility index (Phi) is 6.21. The number of benzene rings is 2. The summed E-state index contributed by atoms with van der Waals surface area (Å²) in [4.78, 5) is 23.3. The van der Waals surface area contributed by atoms with Crippen molar-refractivity contribution in [3.63, 3.8) is 0 Å². The molecule has 0 saturated carbocycles. The normalized spacial score (nSPS) is 11.4. The van der Waals surface area contributed by atoms with Gasteiger partial charge in [0.15, 0.2) is 0 Å². The smallest absolute Gasteiger partial charge is 0.342 e. The number of nitrogens with one attached hydrogen (secondary N) is 1. The van der Waals surface area contributed by atoms with Crippen LogP contribution in [-0.4, -0.2) is 37.2 Å². The molecule has 0 saturated heterocycles. The molecule has 0 bridgehead atoms. The average Bonchev–Trinajstić information content (AvgIpc) is 3.05. The second-order valence-electron chi connectivity index (χ2n) is 6.67. The highest BCUT2D eigenvalue weighted by molar-refractivity contribution is 7.92. The number of aryl methyl sites for hydroxylation is 1. The number of carbonyl (C=O) groups excluding carboxylic acids is 1. The number of rotatable bonds is 8. The number of hydrogen-bond acceptors (Lipinski definition) is 7. The number of aromatic carboxylic acids is 1. The number of sulfonamides is 1. The highest BCUT2D eigenvalue weighted by Crippen LogP contribution is 2.31. The molecular formula is C21H21NO8S. The van der Waals surface area contributed by atoms with Crippen molar-refractivity contribution in [2.45, 2.75) is 31.6 Å². The van der Waals surface area contributed by atoms with Crippen LogP contribution in [0, 0.1) is 0 Å². The molecule has 0 aliphatic carbocycles. The molecule has 31 heavy (non-hydrogen) atoms. The van der Waals surface area contributed by atoms with Gasteiger partial charge in [-0.2, -0.15) is 0 Å². The van der Waals surface area contributed by atoms with Crippen LogP contribution in [0.3, 0.4) is 0 Å². The van der Waals surface area contributed by atoms with Crippen LogP contribution in [0.2, 0.25) is 0 Å². The number of ether oxygens (including phenoxy) is 1. The lowest BCUT2D eigenvalue weighted by atomic mass is 10.1. The maximum absolute atomic E-state index is 12.8. The summed E-state index contributed by atoms with van der Waals surface area (Å²) in [5.41, 5.74) is 0.263. The van der Waals surface area contributed by atoms with Crippen LogP contribution in [-0.2, 0) is 21.2 Å². The largest absolute Gasteiger partial charge is 0.507 e. The quantitative estimate of drug-likeness (QED) is 0.443. The number of hydrogen-bond donors (Lipinski definition) is 3. The number of aromatic hydroxyl groups is 1. The van der Waals surface area contributed by atoms with Crippen LogP contribution in [0.4, 0.5) is 5.69 Å².